The van der Waals surface area contributed by atoms with Crippen LogP contribution in [0.3, 0.4) is 0 Å². The standard InChI is InChI=1S/C20H27FN4O/c1-14-15(2)23-25(16(14)3)13-20(26)22-12-19(24-10-4-5-11-24)17-6-8-18(21)9-7-17/h6-9,19H,4-5,10-13H2,1-3H3,(H,22,26)/t19-/m0/s1. The highest BCUT2D eigenvalue weighted by Gasteiger charge is 2.24. The smallest absolute Gasteiger partial charge is 0.241 e. The number of carbonyl (C=O) groups is 1. The van der Waals surface area contributed by atoms with Crippen molar-refractivity contribution in [3.8, 4) is 0 Å². The van der Waals surface area contributed by atoms with Crippen molar-refractivity contribution in [1.29, 1.82) is 0 Å². The Balaban J connectivity index is 1.66. The van der Waals surface area contributed by atoms with E-state index in [1.165, 1.54) is 12.1 Å². The van der Waals surface area contributed by atoms with Crippen LogP contribution in [0.2, 0.25) is 0 Å². The van der Waals surface area contributed by atoms with Crippen molar-refractivity contribution >= 4 is 5.91 Å². The lowest BCUT2D eigenvalue weighted by Crippen LogP contribution is -2.38. The summed E-state index contributed by atoms with van der Waals surface area (Å²) in [6.07, 6.45) is 2.33. The average Bonchev–Trinajstić information content (AvgIpc) is 3.22. The lowest BCUT2D eigenvalue weighted by Gasteiger charge is -2.28. The molecule has 0 spiro atoms. The van der Waals surface area contributed by atoms with Crippen LogP contribution in [0.5, 0.6) is 0 Å². The Bertz CT molecular complexity index is 763. The Labute approximate surface area is 154 Å². The molecule has 1 aromatic carbocycles. The number of aromatic nitrogens is 2. The number of halogens is 1. The topological polar surface area (TPSA) is 50.2 Å². The first kappa shape index (κ1) is 18.6. The zero-order valence-electron chi connectivity index (χ0n) is 15.8. The Morgan fingerprint density at radius 1 is 1.19 bits per heavy atom. The summed E-state index contributed by atoms with van der Waals surface area (Å²) in [5.74, 6) is -0.292. The van der Waals surface area contributed by atoms with Crippen LogP contribution in [0.4, 0.5) is 4.39 Å². The van der Waals surface area contributed by atoms with Gasteiger partial charge < -0.3 is 5.32 Å². The van der Waals surface area contributed by atoms with Gasteiger partial charge in [-0.3, -0.25) is 14.4 Å². The molecule has 1 aliphatic rings. The highest BCUT2D eigenvalue weighted by molar-refractivity contribution is 5.75. The summed E-state index contributed by atoms with van der Waals surface area (Å²) >= 11 is 0. The summed E-state index contributed by atoms with van der Waals surface area (Å²) in [6.45, 7) is 8.70. The van der Waals surface area contributed by atoms with Gasteiger partial charge in [-0.15, -0.1) is 0 Å². The van der Waals surface area contributed by atoms with Crippen molar-refractivity contribution in [3.05, 3.63) is 52.6 Å². The van der Waals surface area contributed by atoms with Crippen molar-refractivity contribution in [2.45, 2.75) is 46.2 Å². The Kier molecular flexibility index (Phi) is 5.71. The Morgan fingerprint density at radius 3 is 2.42 bits per heavy atom. The monoisotopic (exact) mass is 358 g/mol. The minimum absolute atomic E-state index is 0.0538. The third-order valence-corrected chi connectivity index (χ3v) is 5.37. The maximum absolute atomic E-state index is 13.3. The van der Waals surface area contributed by atoms with Gasteiger partial charge >= 0.3 is 0 Å². The van der Waals surface area contributed by atoms with Crippen molar-refractivity contribution < 1.29 is 9.18 Å². The molecule has 26 heavy (non-hydrogen) atoms. The van der Waals surface area contributed by atoms with Crippen molar-refractivity contribution in [1.82, 2.24) is 20.0 Å². The van der Waals surface area contributed by atoms with E-state index in [9.17, 15) is 9.18 Å². The largest absolute Gasteiger partial charge is 0.353 e. The molecule has 1 saturated heterocycles. The molecule has 140 valence electrons. The summed E-state index contributed by atoms with van der Waals surface area (Å²) in [4.78, 5) is 14.8. The lowest BCUT2D eigenvalue weighted by molar-refractivity contribution is -0.122. The number of likely N-dealkylation sites (tertiary alicyclic amines) is 1. The normalized spacial score (nSPS) is 16.0. The number of aryl methyl sites for hydroxylation is 1. The molecule has 3 rings (SSSR count). The van der Waals surface area contributed by atoms with Gasteiger partial charge in [-0.05, 0) is 70.0 Å². The van der Waals surface area contributed by atoms with Gasteiger partial charge in [0.25, 0.3) is 0 Å². The van der Waals surface area contributed by atoms with Crippen LogP contribution in [-0.4, -0.2) is 40.2 Å². The van der Waals surface area contributed by atoms with Crippen molar-refractivity contribution in [2.75, 3.05) is 19.6 Å². The maximum Gasteiger partial charge on any atom is 0.241 e. The molecule has 0 unspecified atom stereocenters. The number of rotatable bonds is 6. The molecular weight excluding hydrogens is 331 g/mol. The van der Waals surface area contributed by atoms with E-state index < -0.39 is 0 Å². The fraction of sp³-hybridized carbons (Fsp3) is 0.500. The maximum atomic E-state index is 13.3. The van der Waals surface area contributed by atoms with Crippen LogP contribution in [0, 0.1) is 26.6 Å². The molecule has 1 atom stereocenters. The predicted molar refractivity (Wildman–Crippen MR) is 99.4 cm³/mol. The first-order valence-electron chi connectivity index (χ1n) is 9.22. The minimum Gasteiger partial charge on any atom is -0.353 e. The van der Waals surface area contributed by atoms with Crippen LogP contribution in [0.15, 0.2) is 24.3 Å². The second-order valence-electron chi connectivity index (χ2n) is 7.07. The molecule has 1 fully saturated rings. The minimum atomic E-state index is -0.238. The van der Waals surface area contributed by atoms with Gasteiger partial charge in [0.1, 0.15) is 12.4 Å². The number of nitrogens with zero attached hydrogens (tertiary/aromatic N) is 3. The fourth-order valence-electron chi connectivity index (χ4n) is 3.54. The quantitative estimate of drug-likeness (QED) is 0.864. The number of amides is 1. The van der Waals surface area contributed by atoms with Crippen LogP contribution in [-0.2, 0) is 11.3 Å². The number of nitrogens with one attached hydrogen (secondary N) is 1. The van der Waals surface area contributed by atoms with Gasteiger partial charge in [0.15, 0.2) is 0 Å². The van der Waals surface area contributed by atoms with Crippen LogP contribution in [0.1, 0.15) is 41.4 Å². The molecular formula is C20H27FN4O. The Hall–Kier alpha value is -2.21. The summed E-state index contributed by atoms with van der Waals surface area (Å²) < 4.78 is 15.0. The predicted octanol–water partition coefficient (Wildman–Crippen LogP) is 2.90. The molecule has 0 saturated carbocycles. The molecule has 6 heteroatoms. The Morgan fingerprint density at radius 2 is 1.85 bits per heavy atom. The van der Waals surface area contributed by atoms with E-state index in [4.69, 9.17) is 0 Å². The van der Waals surface area contributed by atoms with E-state index in [0.29, 0.717) is 6.54 Å². The molecule has 2 heterocycles. The fourth-order valence-corrected chi connectivity index (χ4v) is 3.54. The van der Waals surface area contributed by atoms with E-state index in [1.54, 1.807) is 4.68 Å². The van der Waals surface area contributed by atoms with Gasteiger partial charge in [0, 0.05) is 12.2 Å². The van der Waals surface area contributed by atoms with Gasteiger partial charge in [0.2, 0.25) is 5.91 Å². The zero-order valence-corrected chi connectivity index (χ0v) is 15.8. The van der Waals surface area contributed by atoms with Crippen LogP contribution >= 0.6 is 0 Å². The summed E-state index contributed by atoms with van der Waals surface area (Å²) in [5.41, 5.74) is 4.14. The van der Waals surface area contributed by atoms with Gasteiger partial charge in [-0.2, -0.15) is 5.10 Å². The molecule has 0 radical (unpaired) electrons. The number of benzene rings is 1. The summed E-state index contributed by atoms with van der Waals surface area (Å²) in [5, 5.41) is 7.47. The second kappa shape index (κ2) is 7.99. The van der Waals surface area contributed by atoms with E-state index in [1.807, 2.05) is 32.9 Å². The first-order chi connectivity index (χ1) is 12.5. The highest BCUT2D eigenvalue weighted by atomic mass is 19.1. The SMILES string of the molecule is Cc1nn(CC(=O)NC[C@@H](c2ccc(F)cc2)N2CCCC2)c(C)c1C. The van der Waals surface area contributed by atoms with Crippen molar-refractivity contribution in [2.24, 2.45) is 0 Å². The lowest BCUT2D eigenvalue weighted by atomic mass is 10.1. The van der Waals surface area contributed by atoms with Gasteiger partial charge in [-0.25, -0.2) is 4.39 Å². The third kappa shape index (κ3) is 4.12. The first-order valence-corrected chi connectivity index (χ1v) is 9.22. The third-order valence-electron chi connectivity index (χ3n) is 5.37. The summed E-state index contributed by atoms with van der Waals surface area (Å²) in [7, 11) is 0. The average molecular weight is 358 g/mol. The molecule has 1 aliphatic heterocycles. The second-order valence-corrected chi connectivity index (χ2v) is 7.07. The zero-order chi connectivity index (χ0) is 18.7. The highest BCUT2D eigenvalue weighted by Crippen LogP contribution is 2.24. The van der Waals surface area contributed by atoms with Gasteiger partial charge in [-0.1, -0.05) is 12.1 Å². The molecule has 1 N–H and O–H groups in total. The molecule has 5 nitrogen and oxygen atoms in total. The van der Waals surface area contributed by atoms with E-state index in [2.05, 4.69) is 15.3 Å². The molecule has 1 amide bonds. The van der Waals surface area contributed by atoms with Crippen molar-refractivity contribution in [3.63, 3.8) is 0 Å². The van der Waals surface area contributed by atoms with Gasteiger partial charge in [0.05, 0.1) is 11.7 Å². The van der Waals surface area contributed by atoms with E-state index in [-0.39, 0.29) is 24.3 Å². The molecule has 1 aromatic heterocycles. The van der Waals surface area contributed by atoms with Crippen LogP contribution < -0.4 is 5.32 Å². The van der Waals surface area contributed by atoms with E-state index >= 15 is 0 Å². The van der Waals surface area contributed by atoms with Crippen LogP contribution in [0.25, 0.3) is 0 Å². The molecule has 0 aliphatic carbocycles. The number of carbonyl (C=O) groups excluding carboxylic acids is 1. The molecule has 2 aromatic rings. The number of hydrogen-bond donors (Lipinski definition) is 1. The number of hydrogen-bond acceptors (Lipinski definition) is 3. The summed E-state index contributed by atoms with van der Waals surface area (Å²) in [6, 6.07) is 6.67. The van der Waals surface area contributed by atoms with E-state index in [0.717, 1.165) is 48.4 Å². The molecule has 0 bridgehead atoms.